The van der Waals surface area contributed by atoms with Gasteiger partial charge in [-0.15, -0.1) is 0 Å². The summed E-state index contributed by atoms with van der Waals surface area (Å²) in [5, 5.41) is 3.86. The Labute approximate surface area is 107 Å². The molecule has 0 saturated carbocycles. The van der Waals surface area contributed by atoms with E-state index in [1.807, 2.05) is 31.2 Å². The zero-order valence-corrected chi connectivity index (χ0v) is 10.9. The highest BCUT2D eigenvalue weighted by molar-refractivity contribution is 9.10. The fourth-order valence-corrected chi connectivity index (χ4v) is 1.76. The van der Waals surface area contributed by atoms with Gasteiger partial charge in [0.1, 0.15) is 5.78 Å². The first-order valence-corrected chi connectivity index (χ1v) is 6.08. The van der Waals surface area contributed by atoms with E-state index in [0.29, 0.717) is 18.1 Å². The summed E-state index contributed by atoms with van der Waals surface area (Å²) in [6.45, 7) is 1.81. The molecule has 1 heterocycles. The van der Waals surface area contributed by atoms with Crippen LogP contribution in [-0.2, 0) is 11.2 Å². The van der Waals surface area contributed by atoms with Crippen LogP contribution in [0.4, 0.5) is 0 Å². The van der Waals surface area contributed by atoms with Gasteiger partial charge in [-0.25, -0.2) is 0 Å². The van der Waals surface area contributed by atoms with Crippen molar-refractivity contribution in [3.8, 4) is 11.4 Å². The quantitative estimate of drug-likeness (QED) is 0.870. The van der Waals surface area contributed by atoms with Crippen molar-refractivity contribution in [1.82, 2.24) is 10.1 Å². The van der Waals surface area contributed by atoms with Crippen LogP contribution in [-0.4, -0.2) is 15.9 Å². The summed E-state index contributed by atoms with van der Waals surface area (Å²) in [6, 6.07) is 7.61. The first-order valence-electron chi connectivity index (χ1n) is 5.29. The molecule has 0 bridgehead atoms. The summed E-state index contributed by atoms with van der Waals surface area (Å²) in [4.78, 5) is 15.4. The molecule has 0 saturated heterocycles. The van der Waals surface area contributed by atoms with Crippen LogP contribution in [0.15, 0.2) is 33.3 Å². The van der Waals surface area contributed by atoms with Crippen molar-refractivity contribution in [2.24, 2.45) is 0 Å². The lowest BCUT2D eigenvalue weighted by Gasteiger charge is -1.94. The molecular formula is C12H11BrN2O2. The van der Waals surface area contributed by atoms with Crippen LogP contribution < -0.4 is 0 Å². The summed E-state index contributed by atoms with van der Waals surface area (Å²) < 4.78 is 5.98. The van der Waals surface area contributed by atoms with Crippen molar-refractivity contribution in [3.63, 3.8) is 0 Å². The number of carbonyl (C=O) groups is 1. The Balaban J connectivity index is 2.21. The predicted molar refractivity (Wildman–Crippen MR) is 66.4 cm³/mol. The van der Waals surface area contributed by atoms with E-state index in [1.54, 1.807) is 0 Å². The third-order valence-electron chi connectivity index (χ3n) is 2.29. The van der Waals surface area contributed by atoms with Gasteiger partial charge in [-0.05, 0) is 12.1 Å². The van der Waals surface area contributed by atoms with Crippen LogP contribution in [0, 0.1) is 0 Å². The molecule has 0 spiro atoms. The number of hydrogen-bond acceptors (Lipinski definition) is 4. The summed E-state index contributed by atoms with van der Waals surface area (Å²) in [6.07, 6.45) is 0.687. The molecule has 88 valence electrons. The Morgan fingerprint density at radius 3 is 3.00 bits per heavy atom. The second-order valence-electron chi connectivity index (χ2n) is 3.59. The molecule has 0 aliphatic rings. The summed E-state index contributed by atoms with van der Waals surface area (Å²) >= 11 is 3.38. The zero-order valence-electron chi connectivity index (χ0n) is 9.31. The second kappa shape index (κ2) is 5.23. The molecule has 0 unspecified atom stereocenters. The highest BCUT2D eigenvalue weighted by Gasteiger charge is 2.11. The van der Waals surface area contributed by atoms with E-state index >= 15 is 0 Å². The molecule has 0 atom stereocenters. The lowest BCUT2D eigenvalue weighted by atomic mass is 10.2. The van der Waals surface area contributed by atoms with Gasteiger partial charge in [0.2, 0.25) is 11.7 Å². The molecule has 4 nitrogen and oxygen atoms in total. The SMILES string of the molecule is CCC(=O)Cc1nc(-c2cccc(Br)c2)no1. The number of benzene rings is 1. The highest BCUT2D eigenvalue weighted by Crippen LogP contribution is 2.20. The van der Waals surface area contributed by atoms with E-state index in [1.165, 1.54) is 0 Å². The Morgan fingerprint density at radius 1 is 1.47 bits per heavy atom. The molecule has 0 amide bonds. The number of halogens is 1. The first kappa shape index (κ1) is 12.0. The van der Waals surface area contributed by atoms with E-state index < -0.39 is 0 Å². The summed E-state index contributed by atoms with van der Waals surface area (Å²) in [7, 11) is 0. The number of hydrogen-bond donors (Lipinski definition) is 0. The van der Waals surface area contributed by atoms with Gasteiger partial charge in [0.25, 0.3) is 0 Å². The number of rotatable bonds is 4. The van der Waals surface area contributed by atoms with Crippen LogP contribution in [0.1, 0.15) is 19.2 Å². The van der Waals surface area contributed by atoms with Crippen LogP contribution in [0.3, 0.4) is 0 Å². The molecule has 0 fully saturated rings. The molecule has 17 heavy (non-hydrogen) atoms. The molecule has 2 rings (SSSR count). The van der Waals surface area contributed by atoms with Crippen LogP contribution >= 0.6 is 15.9 Å². The van der Waals surface area contributed by atoms with Crippen molar-refractivity contribution < 1.29 is 9.32 Å². The van der Waals surface area contributed by atoms with Crippen molar-refractivity contribution in [3.05, 3.63) is 34.6 Å². The molecule has 0 aliphatic carbocycles. The van der Waals surface area contributed by atoms with Crippen LogP contribution in [0.2, 0.25) is 0 Å². The molecular weight excluding hydrogens is 284 g/mol. The lowest BCUT2D eigenvalue weighted by molar-refractivity contribution is -0.118. The average Bonchev–Trinajstić information content (AvgIpc) is 2.77. The van der Waals surface area contributed by atoms with E-state index in [0.717, 1.165) is 10.0 Å². The maximum atomic E-state index is 11.2. The average molecular weight is 295 g/mol. The van der Waals surface area contributed by atoms with Gasteiger partial charge < -0.3 is 4.52 Å². The molecule has 0 N–H and O–H groups in total. The Bertz CT molecular complexity index is 537. The Hall–Kier alpha value is -1.49. The summed E-state index contributed by atoms with van der Waals surface area (Å²) in [5.41, 5.74) is 0.860. The van der Waals surface area contributed by atoms with Crippen LogP contribution in [0.5, 0.6) is 0 Å². The number of aromatic nitrogens is 2. The molecule has 1 aromatic carbocycles. The number of nitrogens with zero attached hydrogens (tertiary/aromatic N) is 2. The van der Waals surface area contributed by atoms with Gasteiger partial charge in [0, 0.05) is 16.5 Å². The van der Waals surface area contributed by atoms with E-state index in [2.05, 4.69) is 26.1 Å². The van der Waals surface area contributed by atoms with Gasteiger partial charge in [-0.3, -0.25) is 4.79 Å². The lowest BCUT2D eigenvalue weighted by Crippen LogP contribution is -2.00. The number of Topliss-reactive ketones (excluding diaryl/α,β-unsaturated/α-hetero) is 1. The van der Waals surface area contributed by atoms with Gasteiger partial charge in [0.05, 0.1) is 6.42 Å². The Kier molecular flexibility index (Phi) is 3.68. The van der Waals surface area contributed by atoms with Crippen molar-refractivity contribution in [1.29, 1.82) is 0 Å². The predicted octanol–water partition coefficient (Wildman–Crippen LogP) is 3.02. The molecule has 0 radical (unpaired) electrons. The minimum atomic E-state index is 0.0921. The van der Waals surface area contributed by atoms with E-state index in [4.69, 9.17) is 4.52 Å². The molecule has 1 aromatic heterocycles. The van der Waals surface area contributed by atoms with Gasteiger partial charge >= 0.3 is 0 Å². The fraction of sp³-hybridized carbons (Fsp3) is 0.250. The van der Waals surface area contributed by atoms with Crippen molar-refractivity contribution in [2.45, 2.75) is 19.8 Å². The smallest absolute Gasteiger partial charge is 0.234 e. The van der Waals surface area contributed by atoms with E-state index in [-0.39, 0.29) is 12.2 Å². The normalized spacial score (nSPS) is 10.5. The highest BCUT2D eigenvalue weighted by atomic mass is 79.9. The third-order valence-corrected chi connectivity index (χ3v) is 2.79. The Morgan fingerprint density at radius 2 is 2.29 bits per heavy atom. The number of carbonyl (C=O) groups excluding carboxylic acids is 1. The van der Waals surface area contributed by atoms with Gasteiger partial charge in [0.15, 0.2) is 0 Å². The van der Waals surface area contributed by atoms with Crippen molar-refractivity contribution in [2.75, 3.05) is 0 Å². The monoisotopic (exact) mass is 294 g/mol. The maximum absolute atomic E-state index is 11.2. The minimum Gasteiger partial charge on any atom is -0.339 e. The third kappa shape index (κ3) is 3.00. The van der Waals surface area contributed by atoms with Gasteiger partial charge in [-0.2, -0.15) is 4.98 Å². The second-order valence-corrected chi connectivity index (χ2v) is 4.51. The molecule has 5 heteroatoms. The maximum Gasteiger partial charge on any atom is 0.234 e. The summed E-state index contributed by atoms with van der Waals surface area (Å²) in [5.74, 6) is 0.964. The van der Waals surface area contributed by atoms with Crippen molar-refractivity contribution >= 4 is 21.7 Å². The molecule has 0 aliphatic heterocycles. The van der Waals surface area contributed by atoms with Crippen LogP contribution in [0.25, 0.3) is 11.4 Å². The zero-order chi connectivity index (χ0) is 12.3. The van der Waals surface area contributed by atoms with Gasteiger partial charge in [-0.1, -0.05) is 40.1 Å². The van der Waals surface area contributed by atoms with E-state index in [9.17, 15) is 4.79 Å². The first-order chi connectivity index (χ1) is 8.19. The molecule has 2 aromatic rings. The standard InChI is InChI=1S/C12H11BrN2O2/c1-2-10(16)7-11-14-12(15-17-11)8-4-3-5-9(13)6-8/h3-6H,2,7H2,1H3. The minimum absolute atomic E-state index is 0.0921. The largest absolute Gasteiger partial charge is 0.339 e. The number of ketones is 1. The topological polar surface area (TPSA) is 56.0 Å². The fourth-order valence-electron chi connectivity index (χ4n) is 1.37.